The maximum Gasteiger partial charge on any atom is 0.0594 e. The molecule has 1 fully saturated rings. The summed E-state index contributed by atoms with van der Waals surface area (Å²) >= 11 is 0. The number of morpholine rings is 1. The van der Waals surface area contributed by atoms with Gasteiger partial charge in [0.05, 0.1) is 13.2 Å². The third-order valence-electron chi connectivity index (χ3n) is 4.79. The van der Waals surface area contributed by atoms with Crippen molar-refractivity contribution in [3.63, 3.8) is 0 Å². The summed E-state index contributed by atoms with van der Waals surface area (Å²) < 4.78 is 5.45. The van der Waals surface area contributed by atoms with Crippen LogP contribution in [-0.2, 0) is 11.3 Å². The normalized spacial score (nSPS) is 15.7. The highest BCUT2D eigenvalue weighted by molar-refractivity contribution is 5.88. The summed E-state index contributed by atoms with van der Waals surface area (Å²) in [6, 6.07) is 15.0. The molecule has 0 radical (unpaired) electrons. The first-order valence-electron chi connectivity index (χ1n) is 8.53. The molecule has 0 unspecified atom stereocenters. The summed E-state index contributed by atoms with van der Waals surface area (Å²) in [5.41, 5.74) is 6.13. The lowest BCUT2D eigenvalue weighted by molar-refractivity contribution is 0.0343. The molecule has 1 aliphatic rings. The van der Waals surface area contributed by atoms with Crippen molar-refractivity contribution in [1.29, 1.82) is 0 Å². The van der Waals surface area contributed by atoms with Crippen molar-refractivity contribution in [2.45, 2.75) is 13.5 Å². The number of hydrogen-bond donors (Lipinski definition) is 2. The molecule has 2 N–H and O–H groups in total. The molecule has 2 aromatic carbocycles. The van der Waals surface area contributed by atoms with Crippen LogP contribution in [0, 0.1) is 6.92 Å². The summed E-state index contributed by atoms with van der Waals surface area (Å²) in [4.78, 5) is 5.72. The van der Waals surface area contributed by atoms with Gasteiger partial charge in [-0.25, -0.2) is 0 Å². The molecule has 124 valence electrons. The van der Waals surface area contributed by atoms with Crippen LogP contribution in [0.5, 0.6) is 0 Å². The summed E-state index contributed by atoms with van der Waals surface area (Å²) in [7, 11) is 0. The van der Waals surface area contributed by atoms with Crippen LogP contribution in [0.25, 0.3) is 10.9 Å². The molecule has 0 saturated carbocycles. The minimum atomic E-state index is 0.832. The van der Waals surface area contributed by atoms with E-state index in [2.05, 4.69) is 64.6 Å². The van der Waals surface area contributed by atoms with Crippen molar-refractivity contribution in [2.24, 2.45) is 0 Å². The van der Waals surface area contributed by atoms with Gasteiger partial charge in [0.1, 0.15) is 0 Å². The Morgan fingerprint density at radius 2 is 1.88 bits per heavy atom. The van der Waals surface area contributed by atoms with E-state index in [9.17, 15) is 0 Å². The van der Waals surface area contributed by atoms with Crippen molar-refractivity contribution in [3.8, 4) is 0 Å². The van der Waals surface area contributed by atoms with Crippen molar-refractivity contribution in [3.05, 3.63) is 59.8 Å². The van der Waals surface area contributed by atoms with Crippen molar-refractivity contribution < 1.29 is 4.74 Å². The van der Waals surface area contributed by atoms with Crippen LogP contribution in [0.1, 0.15) is 11.1 Å². The van der Waals surface area contributed by atoms with Crippen molar-refractivity contribution in [1.82, 2.24) is 9.88 Å². The van der Waals surface area contributed by atoms with E-state index in [1.165, 1.54) is 27.7 Å². The van der Waals surface area contributed by atoms with Crippen LogP contribution in [0.2, 0.25) is 0 Å². The van der Waals surface area contributed by atoms with Crippen molar-refractivity contribution >= 4 is 22.3 Å². The quantitative estimate of drug-likeness (QED) is 0.761. The molecular formula is C20H23N3O. The van der Waals surface area contributed by atoms with Gasteiger partial charge in [0.2, 0.25) is 0 Å². The van der Waals surface area contributed by atoms with Gasteiger partial charge in [-0.05, 0) is 42.3 Å². The molecule has 0 atom stereocenters. The first kappa shape index (κ1) is 15.2. The number of anilines is 2. The molecular weight excluding hydrogens is 298 g/mol. The molecule has 2 heterocycles. The predicted octanol–water partition coefficient (Wildman–Crippen LogP) is 4.05. The Hall–Kier alpha value is -2.30. The maximum atomic E-state index is 5.45. The van der Waals surface area contributed by atoms with E-state index in [1.807, 2.05) is 6.20 Å². The predicted molar refractivity (Wildman–Crippen MR) is 98.9 cm³/mol. The Morgan fingerprint density at radius 3 is 2.75 bits per heavy atom. The number of nitrogens with zero attached hydrogens (tertiary/aromatic N) is 1. The third kappa shape index (κ3) is 3.03. The highest BCUT2D eigenvalue weighted by Gasteiger charge is 2.13. The van der Waals surface area contributed by atoms with E-state index in [0.29, 0.717) is 0 Å². The average molecular weight is 321 g/mol. The fourth-order valence-electron chi connectivity index (χ4n) is 3.34. The van der Waals surface area contributed by atoms with E-state index < -0.39 is 0 Å². The SMILES string of the molecule is Cc1c(Nc2ccccc2CN2CCOCC2)ccc2[nH]ccc12. The molecule has 0 bridgehead atoms. The van der Waals surface area contributed by atoms with Gasteiger partial charge in [-0.3, -0.25) is 4.90 Å². The minimum Gasteiger partial charge on any atom is -0.379 e. The molecule has 0 aliphatic carbocycles. The van der Waals surface area contributed by atoms with E-state index in [0.717, 1.165) is 38.5 Å². The number of aromatic amines is 1. The number of para-hydroxylation sites is 1. The van der Waals surface area contributed by atoms with Gasteiger partial charge < -0.3 is 15.0 Å². The lowest BCUT2D eigenvalue weighted by Crippen LogP contribution is -2.35. The fourth-order valence-corrected chi connectivity index (χ4v) is 3.34. The third-order valence-corrected chi connectivity index (χ3v) is 4.79. The first-order valence-corrected chi connectivity index (χ1v) is 8.53. The zero-order valence-corrected chi connectivity index (χ0v) is 14.0. The van der Waals surface area contributed by atoms with E-state index in [-0.39, 0.29) is 0 Å². The number of aromatic nitrogens is 1. The number of H-pyrrole nitrogens is 1. The van der Waals surface area contributed by atoms with E-state index in [1.54, 1.807) is 0 Å². The van der Waals surface area contributed by atoms with Gasteiger partial charge in [-0.1, -0.05) is 18.2 Å². The van der Waals surface area contributed by atoms with Crippen molar-refractivity contribution in [2.75, 3.05) is 31.6 Å². The van der Waals surface area contributed by atoms with Gasteiger partial charge >= 0.3 is 0 Å². The smallest absolute Gasteiger partial charge is 0.0594 e. The molecule has 1 aliphatic heterocycles. The van der Waals surface area contributed by atoms with Crippen LogP contribution in [-0.4, -0.2) is 36.2 Å². The molecule has 0 amide bonds. The highest BCUT2D eigenvalue weighted by Crippen LogP contribution is 2.29. The van der Waals surface area contributed by atoms with Gasteiger partial charge in [0.15, 0.2) is 0 Å². The molecule has 4 nitrogen and oxygen atoms in total. The second-order valence-electron chi connectivity index (χ2n) is 6.35. The lowest BCUT2D eigenvalue weighted by Gasteiger charge is -2.27. The van der Waals surface area contributed by atoms with Gasteiger partial charge in [-0.2, -0.15) is 0 Å². The minimum absolute atomic E-state index is 0.832. The molecule has 1 aromatic heterocycles. The summed E-state index contributed by atoms with van der Waals surface area (Å²) in [6.07, 6.45) is 1.99. The van der Waals surface area contributed by atoms with Gasteiger partial charge in [0, 0.05) is 48.1 Å². The number of hydrogen-bond acceptors (Lipinski definition) is 3. The van der Waals surface area contributed by atoms with Gasteiger partial charge in [-0.15, -0.1) is 0 Å². The Bertz CT molecular complexity index is 834. The van der Waals surface area contributed by atoms with Gasteiger partial charge in [0.25, 0.3) is 0 Å². The number of ether oxygens (including phenoxy) is 1. The second-order valence-corrected chi connectivity index (χ2v) is 6.35. The fraction of sp³-hybridized carbons (Fsp3) is 0.300. The number of benzene rings is 2. The number of rotatable bonds is 4. The lowest BCUT2D eigenvalue weighted by atomic mass is 10.1. The monoisotopic (exact) mass is 321 g/mol. The summed E-state index contributed by atoms with van der Waals surface area (Å²) in [6.45, 7) is 6.80. The number of fused-ring (bicyclic) bond motifs is 1. The topological polar surface area (TPSA) is 40.3 Å². The summed E-state index contributed by atoms with van der Waals surface area (Å²) in [5, 5.41) is 4.91. The molecule has 3 aromatic rings. The van der Waals surface area contributed by atoms with E-state index >= 15 is 0 Å². The van der Waals surface area contributed by atoms with Crippen LogP contribution < -0.4 is 5.32 Å². The Morgan fingerprint density at radius 1 is 1.04 bits per heavy atom. The maximum absolute atomic E-state index is 5.45. The second kappa shape index (κ2) is 6.67. The summed E-state index contributed by atoms with van der Waals surface area (Å²) in [5.74, 6) is 0. The van der Waals surface area contributed by atoms with Crippen LogP contribution >= 0.6 is 0 Å². The average Bonchev–Trinajstić information content (AvgIpc) is 3.09. The molecule has 1 saturated heterocycles. The largest absolute Gasteiger partial charge is 0.379 e. The standard InChI is InChI=1S/C20H23N3O/c1-15-17-8-9-21-20(17)7-6-18(15)22-19-5-3-2-4-16(19)14-23-10-12-24-13-11-23/h2-9,21-22H,10-14H2,1H3. The van der Waals surface area contributed by atoms with Crippen LogP contribution in [0.15, 0.2) is 48.7 Å². The Labute approximate surface area is 142 Å². The zero-order chi connectivity index (χ0) is 16.4. The highest BCUT2D eigenvalue weighted by atomic mass is 16.5. The van der Waals surface area contributed by atoms with E-state index in [4.69, 9.17) is 4.74 Å². The molecule has 0 spiro atoms. The molecule has 24 heavy (non-hydrogen) atoms. The Kier molecular flexibility index (Phi) is 4.24. The number of aryl methyl sites for hydroxylation is 1. The van der Waals surface area contributed by atoms with Crippen LogP contribution in [0.4, 0.5) is 11.4 Å². The first-order chi connectivity index (χ1) is 11.8. The zero-order valence-electron chi connectivity index (χ0n) is 14.0. The molecule has 4 heteroatoms. The number of nitrogens with one attached hydrogen (secondary N) is 2. The van der Waals surface area contributed by atoms with Crippen LogP contribution in [0.3, 0.4) is 0 Å². The Balaban J connectivity index is 1.60. The molecule has 4 rings (SSSR count).